The van der Waals surface area contributed by atoms with Crippen molar-refractivity contribution in [1.82, 2.24) is 10.6 Å². The molecule has 0 bridgehead atoms. The van der Waals surface area contributed by atoms with E-state index in [2.05, 4.69) is 58.6 Å². The van der Waals surface area contributed by atoms with Crippen LogP contribution in [0.15, 0.2) is 29.3 Å². The Bertz CT molecular complexity index is 632. The number of rotatable bonds is 8. The van der Waals surface area contributed by atoms with Crippen LogP contribution in [0.1, 0.15) is 56.6 Å². The first-order valence-electron chi connectivity index (χ1n) is 11.1. The molecule has 3 rings (SSSR count). The van der Waals surface area contributed by atoms with Crippen LogP contribution >= 0.6 is 11.8 Å². The summed E-state index contributed by atoms with van der Waals surface area (Å²) >= 11 is 2.10. The molecule has 0 radical (unpaired) electrons. The first-order valence-corrected chi connectivity index (χ1v) is 12.2. The van der Waals surface area contributed by atoms with Crippen molar-refractivity contribution in [1.29, 1.82) is 0 Å². The molecule has 1 aliphatic heterocycles. The molecule has 2 atom stereocenters. The highest BCUT2D eigenvalue weighted by atomic mass is 32.2. The fourth-order valence-electron chi connectivity index (χ4n) is 4.12. The molecule has 2 aliphatic rings. The highest BCUT2D eigenvalue weighted by molar-refractivity contribution is 7.99. The summed E-state index contributed by atoms with van der Waals surface area (Å²) in [5.41, 5.74) is 2.48. The van der Waals surface area contributed by atoms with Crippen LogP contribution in [0, 0.1) is 0 Å². The Morgan fingerprint density at radius 1 is 1.21 bits per heavy atom. The fourth-order valence-corrected chi connectivity index (χ4v) is 5.30. The van der Waals surface area contributed by atoms with Crippen molar-refractivity contribution in [3.05, 3.63) is 35.4 Å². The summed E-state index contributed by atoms with van der Waals surface area (Å²) in [6.07, 6.45) is 7.47. The molecule has 0 amide bonds. The van der Waals surface area contributed by atoms with Gasteiger partial charge in [-0.3, -0.25) is 4.99 Å². The van der Waals surface area contributed by atoms with E-state index in [-0.39, 0.29) is 0 Å². The van der Waals surface area contributed by atoms with Crippen LogP contribution in [0.25, 0.3) is 0 Å². The second kappa shape index (κ2) is 12.5. The maximum Gasteiger partial charge on any atom is 0.191 e. The standard InChI is InChI=1S/C23H37N3O2S/c1-3-29-22-9-5-8-20(15-22)26-23(24-2)25-16-18-6-4-7-19(14-18)17-28-21-10-12-27-13-11-21/h4,6-7,14,20-22H,3,5,8-13,15-17H2,1-2H3,(H2,24,25,26). The largest absolute Gasteiger partial charge is 0.381 e. The maximum atomic E-state index is 6.06. The zero-order valence-electron chi connectivity index (χ0n) is 18.0. The molecule has 2 unspecified atom stereocenters. The van der Waals surface area contributed by atoms with E-state index in [0.29, 0.717) is 18.8 Å². The van der Waals surface area contributed by atoms with Crippen molar-refractivity contribution in [2.45, 2.75) is 76.0 Å². The van der Waals surface area contributed by atoms with Gasteiger partial charge >= 0.3 is 0 Å². The number of guanidine groups is 1. The zero-order valence-corrected chi connectivity index (χ0v) is 18.8. The molecule has 1 aromatic carbocycles. The Hall–Kier alpha value is -1.24. The van der Waals surface area contributed by atoms with Crippen molar-refractivity contribution in [3.8, 4) is 0 Å². The van der Waals surface area contributed by atoms with Crippen LogP contribution in [0.2, 0.25) is 0 Å². The Labute approximate surface area is 180 Å². The van der Waals surface area contributed by atoms with Gasteiger partial charge in [-0.25, -0.2) is 0 Å². The molecule has 1 saturated carbocycles. The van der Waals surface area contributed by atoms with Gasteiger partial charge in [0.05, 0.1) is 12.7 Å². The van der Waals surface area contributed by atoms with E-state index in [1.54, 1.807) is 0 Å². The van der Waals surface area contributed by atoms with Gasteiger partial charge in [-0.2, -0.15) is 11.8 Å². The average molecular weight is 420 g/mol. The summed E-state index contributed by atoms with van der Waals surface area (Å²) < 4.78 is 11.5. The number of nitrogens with zero attached hydrogens (tertiary/aromatic N) is 1. The van der Waals surface area contributed by atoms with Gasteiger partial charge in [0.15, 0.2) is 5.96 Å². The van der Waals surface area contributed by atoms with Gasteiger partial charge in [-0.1, -0.05) is 37.6 Å². The molecular weight excluding hydrogens is 382 g/mol. The lowest BCUT2D eigenvalue weighted by Crippen LogP contribution is -2.45. The summed E-state index contributed by atoms with van der Waals surface area (Å²) in [7, 11) is 1.86. The van der Waals surface area contributed by atoms with Crippen LogP contribution in [-0.4, -0.2) is 49.4 Å². The predicted octanol–water partition coefficient (Wildman–Crippen LogP) is 4.11. The van der Waals surface area contributed by atoms with Crippen molar-refractivity contribution in [2.75, 3.05) is 26.0 Å². The van der Waals surface area contributed by atoms with Gasteiger partial charge < -0.3 is 20.1 Å². The van der Waals surface area contributed by atoms with E-state index in [1.807, 2.05) is 7.05 Å². The Morgan fingerprint density at radius 3 is 2.83 bits per heavy atom. The number of hydrogen-bond donors (Lipinski definition) is 2. The SMILES string of the molecule is CCSC1CCCC(NC(=NC)NCc2cccc(COC3CCOCC3)c2)C1. The lowest BCUT2D eigenvalue weighted by atomic mass is 9.95. The van der Waals surface area contributed by atoms with Crippen molar-refractivity contribution < 1.29 is 9.47 Å². The third-order valence-corrected chi connectivity index (χ3v) is 6.93. The molecule has 2 fully saturated rings. The summed E-state index contributed by atoms with van der Waals surface area (Å²) in [6.45, 7) is 5.33. The van der Waals surface area contributed by atoms with Crippen LogP contribution in [0.5, 0.6) is 0 Å². The normalized spacial score (nSPS) is 23.7. The summed E-state index contributed by atoms with van der Waals surface area (Å²) in [4.78, 5) is 4.44. The summed E-state index contributed by atoms with van der Waals surface area (Å²) in [5, 5.41) is 7.91. The third-order valence-electron chi connectivity index (χ3n) is 5.70. The zero-order chi connectivity index (χ0) is 20.3. The van der Waals surface area contributed by atoms with Gasteiger partial charge in [-0.05, 0) is 49.0 Å². The number of aliphatic imine (C=N–C) groups is 1. The van der Waals surface area contributed by atoms with E-state index in [0.717, 1.165) is 43.8 Å². The first kappa shape index (κ1) is 22.4. The molecule has 1 aliphatic carbocycles. The maximum absolute atomic E-state index is 6.06. The number of benzene rings is 1. The quantitative estimate of drug-likeness (QED) is 0.491. The summed E-state index contributed by atoms with van der Waals surface area (Å²) in [5.74, 6) is 2.11. The number of nitrogens with one attached hydrogen (secondary N) is 2. The minimum Gasteiger partial charge on any atom is -0.381 e. The van der Waals surface area contributed by atoms with Crippen LogP contribution in [-0.2, 0) is 22.6 Å². The highest BCUT2D eigenvalue weighted by Crippen LogP contribution is 2.28. The van der Waals surface area contributed by atoms with E-state index in [4.69, 9.17) is 9.47 Å². The van der Waals surface area contributed by atoms with Gasteiger partial charge in [-0.15, -0.1) is 0 Å². The summed E-state index contributed by atoms with van der Waals surface area (Å²) in [6, 6.07) is 9.17. The number of thioether (sulfide) groups is 1. The molecule has 2 N–H and O–H groups in total. The minimum absolute atomic E-state index is 0.332. The Morgan fingerprint density at radius 2 is 2.03 bits per heavy atom. The second-order valence-electron chi connectivity index (χ2n) is 7.95. The van der Waals surface area contributed by atoms with E-state index >= 15 is 0 Å². The Balaban J connectivity index is 1.44. The first-order chi connectivity index (χ1) is 14.3. The average Bonchev–Trinajstić information content (AvgIpc) is 2.77. The van der Waals surface area contributed by atoms with Gasteiger partial charge in [0.1, 0.15) is 0 Å². The Kier molecular flexibility index (Phi) is 9.64. The van der Waals surface area contributed by atoms with Crippen LogP contribution in [0.3, 0.4) is 0 Å². The van der Waals surface area contributed by atoms with E-state index < -0.39 is 0 Å². The smallest absolute Gasteiger partial charge is 0.191 e. The highest BCUT2D eigenvalue weighted by Gasteiger charge is 2.22. The van der Waals surface area contributed by atoms with Crippen molar-refractivity contribution in [2.24, 2.45) is 4.99 Å². The van der Waals surface area contributed by atoms with Gasteiger partial charge in [0.2, 0.25) is 0 Å². The van der Waals surface area contributed by atoms with Crippen LogP contribution in [0.4, 0.5) is 0 Å². The predicted molar refractivity (Wildman–Crippen MR) is 123 cm³/mol. The molecule has 0 spiro atoms. The molecule has 1 saturated heterocycles. The molecule has 162 valence electrons. The molecule has 6 heteroatoms. The molecular formula is C23H37N3O2S. The molecule has 1 heterocycles. The van der Waals surface area contributed by atoms with Crippen molar-refractivity contribution >= 4 is 17.7 Å². The monoisotopic (exact) mass is 419 g/mol. The molecule has 29 heavy (non-hydrogen) atoms. The third kappa shape index (κ3) is 7.83. The van der Waals surface area contributed by atoms with Gasteiger partial charge in [0.25, 0.3) is 0 Å². The van der Waals surface area contributed by atoms with E-state index in [9.17, 15) is 0 Å². The van der Waals surface area contributed by atoms with Gasteiger partial charge in [0, 0.05) is 38.1 Å². The van der Waals surface area contributed by atoms with Crippen molar-refractivity contribution in [3.63, 3.8) is 0 Å². The van der Waals surface area contributed by atoms with Crippen LogP contribution < -0.4 is 10.6 Å². The lowest BCUT2D eigenvalue weighted by Gasteiger charge is -2.30. The van der Waals surface area contributed by atoms with E-state index in [1.165, 1.54) is 42.6 Å². The molecule has 0 aromatic heterocycles. The lowest BCUT2D eigenvalue weighted by molar-refractivity contribution is -0.0390. The minimum atomic E-state index is 0.332. The topological polar surface area (TPSA) is 54.9 Å². The number of hydrogen-bond acceptors (Lipinski definition) is 4. The molecule has 1 aromatic rings. The molecule has 5 nitrogen and oxygen atoms in total. The fraction of sp³-hybridized carbons (Fsp3) is 0.696. The number of ether oxygens (including phenoxy) is 2. The second-order valence-corrected chi connectivity index (χ2v) is 9.53.